The van der Waals surface area contributed by atoms with E-state index in [4.69, 9.17) is 0 Å². The first-order valence-corrected chi connectivity index (χ1v) is 16.1. The van der Waals surface area contributed by atoms with Crippen LogP contribution in [0, 0.1) is 0 Å². The molecule has 2 aliphatic heterocycles. The van der Waals surface area contributed by atoms with Crippen LogP contribution in [-0.4, -0.2) is 83.0 Å². The van der Waals surface area contributed by atoms with Crippen molar-refractivity contribution >= 4 is 23.5 Å². The summed E-state index contributed by atoms with van der Waals surface area (Å²) in [5.74, 6) is 3.48. The lowest BCUT2D eigenvalue weighted by Gasteiger charge is -2.28. The number of hydrogen-bond acceptors (Lipinski definition) is 6. The Balaban J connectivity index is 1.14. The predicted molar refractivity (Wildman–Crippen MR) is 157 cm³/mol. The Morgan fingerprint density at radius 3 is 1.28 bits per heavy atom. The van der Waals surface area contributed by atoms with Crippen molar-refractivity contribution in [3.05, 3.63) is 59.7 Å². The van der Waals surface area contributed by atoms with E-state index in [0.29, 0.717) is 0 Å². The molecule has 0 amide bonds. The minimum Gasteiger partial charge on any atom is -0.391 e. The van der Waals surface area contributed by atoms with Crippen LogP contribution < -0.4 is 0 Å². The minimum atomic E-state index is -0.234. The highest BCUT2D eigenvalue weighted by molar-refractivity contribution is 7.98. The van der Waals surface area contributed by atoms with Gasteiger partial charge in [-0.3, -0.25) is 0 Å². The quantitative estimate of drug-likeness (QED) is 0.357. The van der Waals surface area contributed by atoms with Gasteiger partial charge in [0.25, 0.3) is 0 Å². The van der Waals surface area contributed by atoms with Crippen LogP contribution >= 0.6 is 23.5 Å². The monoisotopic (exact) mass is 528 g/mol. The molecule has 0 aliphatic carbocycles. The highest BCUT2D eigenvalue weighted by Crippen LogP contribution is 2.24. The molecule has 198 valence electrons. The maximum atomic E-state index is 10.4. The highest BCUT2D eigenvalue weighted by atomic mass is 32.2. The summed E-state index contributed by atoms with van der Waals surface area (Å²) in [6.07, 6.45) is 7.31. The van der Waals surface area contributed by atoms with E-state index in [1.54, 1.807) is 0 Å². The molecule has 2 fully saturated rings. The smallest absolute Gasteiger partial charge is 0.0757 e. The van der Waals surface area contributed by atoms with Crippen LogP contribution in [0.1, 0.15) is 49.7 Å². The van der Waals surface area contributed by atoms with E-state index in [0.717, 1.165) is 62.3 Å². The topological polar surface area (TPSA) is 46.9 Å². The van der Waals surface area contributed by atoms with Gasteiger partial charge in [0, 0.05) is 36.1 Å². The van der Waals surface area contributed by atoms with Gasteiger partial charge >= 0.3 is 0 Å². The SMILES string of the molecule is OC(CSCc1ccc(-c2ccc(CSCC(O)CN3CCCCC3)cc2)cc1)CN1CCCCC1. The number of benzene rings is 2. The number of aliphatic hydroxyl groups is 2. The normalized spacial score (nSPS) is 19.3. The fourth-order valence-electron chi connectivity index (χ4n) is 5.20. The Hall–Kier alpha value is -1.02. The van der Waals surface area contributed by atoms with Crippen molar-refractivity contribution in [2.75, 3.05) is 50.8 Å². The standard InChI is InChI=1S/C30H44N2O2S2/c33-29(19-31-15-3-1-4-16-31)23-35-21-25-7-11-27(12-8-25)28-13-9-26(10-14-28)22-36-24-30(34)20-32-17-5-2-6-18-32/h7-14,29-30,33-34H,1-6,15-24H2. The van der Waals surface area contributed by atoms with Gasteiger partial charge in [-0.15, -0.1) is 0 Å². The third kappa shape index (κ3) is 9.70. The fraction of sp³-hybridized carbons (Fsp3) is 0.600. The van der Waals surface area contributed by atoms with Crippen molar-refractivity contribution < 1.29 is 10.2 Å². The molecule has 0 aromatic heterocycles. The Morgan fingerprint density at radius 2 is 0.917 bits per heavy atom. The van der Waals surface area contributed by atoms with Crippen molar-refractivity contribution in [1.82, 2.24) is 9.80 Å². The number of thioether (sulfide) groups is 2. The molecule has 0 radical (unpaired) electrons. The van der Waals surface area contributed by atoms with Gasteiger partial charge in [-0.05, 0) is 74.1 Å². The summed E-state index contributed by atoms with van der Waals surface area (Å²) in [4.78, 5) is 4.82. The highest BCUT2D eigenvalue weighted by Gasteiger charge is 2.15. The molecule has 0 bridgehead atoms. The fourth-order valence-corrected chi connectivity index (χ4v) is 7.04. The largest absolute Gasteiger partial charge is 0.391 e. The summed E-state index contributed by atoms with van der Waals surface area (Å²) in [6.45, 7) is 6.21. The molecule has 0 saturated carbocycles. The Morgan fingerprint density at radius 1 is 0.556 bits per heavy atom. The van der Waals surface area contributed by atoms with Gasteiger partial charge in [-0.2, -0.15) is 23.5 Å². The lowest BCUT2D eigenvalue weighted by Crippen LogP contribution is -2.37. The van der Waals surface area contributed by atoms with Crippen molar-refractivity contribution in [1.29, 1.82) is 0 Å². The van der Waals surface area contributed by atoms with E-state index >= 15 is 0 Å². The average molecular weight is 529 g/mol. The molecule has 2 N–H and O–H groups in total. The molecule has 2 unspecified atom stereocenters. The molecule has 2 saturated heterocycles. The van der Waals surface area contributed by atoms with Crippen LogP contribution in [0.2, 0.25) is 0 Å². The second kappa shape index (κ2) is 15.4. The van der Waals surface area contributed by atoms with Crippen molar-refractivity contribution in [3.8, 4) is 11.1 Å². The Labute approximate surface area is 226 Å². The summed E-state index contributed by atoms with van der Waals surface area (Å²) >= 11 is 3.65. The van der Waals surface area contributed by atoms with Gasteiger partial charge in [0.05, 0.1) is 12.2 Å². The molecule has 2 aromatic rings. The molecule has 2 heterocycles. The van der Waals surface area contributed by atoms with Crippen molar-refractivity contribution in [2.45, 2.75) is 62.2 Å². The molecule has 2 atom stereocenters. The number of piperidine rings is 2. The summed E-state index contributed by atoms with van der Waals surface area (Å²) in [6, 6.07) is 17.7. The number of rotatable bonds is 13. The van der Waals surface area contributed by atoms with Gasteiger partial charge < -0.3 is 20.0 Å². The van der Waals surface area contributed by atoms with Crippen LogP contribution in [0.3, 0.4) is 0 Å². The van der Waals surface area contributed by atoms with Gasteiger partial charge in [0.2, 0.25) is 0 Å². The van der Waals surface area contributed by atoms with Crippen LogP contribution in [0.5, 0.6) is 0 Å². The first kappa shape index (κ1) is 28.0. The van der Waals surface area contributed by atoms with Gasteiger partial charge in [-0.1, -0.05) is 61.4 Å². The van der Waals surface area contributed by atoms with E-state index < -0.39 is 0 Å². The summed E-state index contributed by atoms with van der Waals surface area (Å²) in [5, 5.41) is 20.7. The lowest BCUT2D eigenvalue weighted by atomic mass is 10.0. The minimum absolute atomic E-state index is 0.234. The number of nitrogens with zero attached hydrogens (tertiary/aromatic N) is 2. The third-order valence-electron chi connectivity index (χ3n) is 7.23. The van der Waals surface area contributed by atoms with E-state index in [1.165, 1.54) is 60.8 Å². The molecule has 0 spiro atoms. The van der Waals surface area contributed by atoms with Crippen molar-refractivity contribution in [3.63, 3.8) is 0 Å². The maximum absolute atomic E-state index is 10.4. The predicted octanol–water partition coefficient (Wildman–Crippen LogP) is 5.51. The number of likely N-dealkylation sites (tertiary alicyclic amines) is 2. The van der Waals surface area contributed by atoms with Crippen LogP contribution in [0.15, 0.2) is 48.5 Å². The molecule has 4 rings (SSSR count). The molecule has 4 nitrogen and oxygen atoms in total. The number of β-amino-alcohol motifs (C(OH)–C–C–N with tert-alkyl or cyclic N) is 2. The first-order valence-electron chi connectivity index (χ1n) is 13.8. The molecular weight excluding hydrogens is 484 g/mol. The molecular formula is C30H44N2O2S2. The lowest BCUT2D eigenvalue weighted by molar-refractivity contribution is 0.117. The molecule has 2 aromatic carbocycles. The van der Waals surface area contributed by atoms with Crippen LogP contribution in [0.25, 0.3) is 11.1 Å². The zero-order chi connectivity index (χ0) is 25.0. The van der Waals surface area contributed by atoms with Crippen LogP contribution in [0.4, 0.5) is 0 Å². The third-order valence-corrected chi connectivity index (χ3v) is 9.55. The zero-order valence-corrected chi connectivity index (χ0v) is 23.3. The summed E-state index contributed by atoms with van der Waals surface area (Å²) < 4.78 is 0. The number of hydrogen-bond donors (Lipinski definition) is 2. The zero-order valence-electron chi connectivity index (χ0n) is 21.7. The van der Waals surface area contributed by atoms with Crippen LogP contribution in [-0.2, 0) is 11.5 Å². The van der Waals surface area contributed by atoms with E-state index in [2.05, 4.69) is 58.3 Å². The van der Waals surface area contributed by atoms with Gasteiger partial charge in [0.1, 0.15) is 0 Å². The molecule has 2 aliphatic rings. The first-order chi connectivity index (χ1) is 17.7. The summed E-state index contributed by atoms with van der Waals surface area (Å²) in [5.41, 5.74) is 5.10. The van der Waals surface area contributed by atoms with E-state index in [1.807, 2.05) is 23.5 Å². The second-order valence-corrected chi connectivity index (χ2v) is 12.5. The molecule has 6 heteroatoms. The second-order valence-electron chi connectivity index (χ2n) is 10.5. The molecule has 36 heavy (non-hydrogen) atoms. The Bertz CT molecular complexity index is 792. The Kier molecular flexibility index (Phi) is 12.0. The van der Waals surface area contributed by atoms with Gasteiger partial charge in [-0.25, -0.2) is 0 Å². The van der Waals surface area contributed by atoms with E-state index in [-0.39, 0.29) is 12.2 Å². The number of aliphatic hydroxyl groups excluding tert-OH is 2. The summed E-state index contributed by atoms with van der Waals surface area (Å²) in [7, 11) is 0. The van der Waals surface area contributed by atoms with Gasteiger partial charge in [0.15, 0.2) is 0 Å². The average Bonchev–Trinajstić information content (AvgIpc) is 2.91. The van der Waals surface area contributed by atoms with E-state index in [9.17, 15) is 10.2 Å². The van der Waals surface area contributed by atoms with Crippen molar-refractivity contribution in [2.24, 2.45) is 0 Å². The maximum Gasteiger partial charge on any atom is 0.0757 e.